The lowest BCUT2D eigenvalue weighted by atomic mass is 9.99. The summed E-state index contributed by atoms with van der Waals surface area (Å²) in [6.07, 6.45) is 1.83. The molecule has 0 atom stereocenters. The number of aromatic nitrogens is 2. The zero-order chi connectivity index (χ0) is 14.9. The smallest absolute Gasteiger partial charge is 0.251 e. The van der Waals surface area contributed by atoms with Crippen LogP contribution in [0.2, 0.25) is 0 Å². The van der Waals surface area contributed by atoms with Crippen molar-refractivity contribution in [1.82, 2.24) is 15.3 Å². The Morgan fingerprint density at radius 2 is 2.15 bits per heavy atom. The summed E-state index contributed by atoms with van der Waals surface area (Å²) in [6.45, 7) is 3.50. The fourth-order valence-corrected chi connectivity index (χ4v) is 2.24. The highest BCUT2D eigenvalue weighted by molar-refractivity contribution is 7.98. The SMILES string of the molecule is CSc1nc(NN)cc(N2CC(=O)NC(=O)C2(C)C)n1. The second-order valence-corrected chi connectivity index (χ2v) is 5.54. The molecule has 4 N–H and O–H groups in total. The van der Waals surface area contributed by atoms with Gasteiger partial charge in [-0.3, -0.25) is 14.9 Å². The highest BCUT2D eigenvalue weighted by Gasteiger charge is 2.41. The Kier molecular flexibility index (Phi) is 3.82. The van der Waals surface area contributed by atoms with Crippen molar-refractivity contribution in [3.05, 3.63) is 6.07 Å². The van der Waals surface area contributed by atoms with Crippen molar-refractivity contribution in [2.24, 2.45) is 5.84 Å². The van der Waals surface area contributed by atoms with E-state index >= 15 is 0 Å². The van der Waals surface area contributed by atoms with Crippen molar-refractivity contribution in [3.63, 3.8) is 0 Å². The summed E-state index contributed by atoms with van der Waals surface area (Å²) in [5.41, 5.74) is 1.57. The molecule has 0 unspecified atom stereocenters. The van der Waals surface area contributed by atoms with E-state index in [4.69, 9.17) is 5.84 Å². The van der Waals surface area contributed by atoms with Crippen LogP contribution in [0.1, 0.15) is 13.8 Å². The molecule has 1 aromatic rings. The monoisotopic (exact) mass is 296 g/mol. The predicted molar refractivity (Wildman–Crippen MR) is 76.2 cm³/mol. The highest BCUT2D eigenvalue weighted by atomic mass is 32.2. The molecule has 1 aliphatic rings. The van der Waals surface area contributed by atoms with Crippen molar-refractivity contribution >= 4 is 35.2 Å². The van der Waals surface area contributed by atoms with Gasteiger partial charge < -0.3 is 10.3 Å². The van der Waals surface area contributed by atoms with Crippen LogP contribution in [0.4, 0.5) is 11.6 Å². The average Bonchev–Trinajstić information content (AvgIpc) is 2.42. The van der Waals surface area contributed by atoms with E-state index in [-0.39, 0.29) is 18.4 Å². The van der Waals surface area contributed by atoms with Crippen LogP contribution in [-0.2, 0) is 9.59 Å². The van der Waals surface area contributed by atoms with Gasteiger partial charge in [-0.05, 0) is 20.1 Å². The lowest BCUT2D eigenvalue weighted by Gasteiger charge is -2.41. The normalized spacial score (nSPS) is 17.9. The summed E-state index contributed by atoms with van der Waals surface area (Å²) in [4.78, 5) is 33.7. The number of piperazine rings is 1. The standard InChI is InChI=1S/C11H16N6O2S/c1-11(2)9(19)15-8(18)5-17(11)7-4-6(16-12)13-10(14-7)20-3/h4H,5,12H2,1-3H3,(H,13,14,16)(H,15,18,19). The molecule has 1 aliphatic heterocycles. The van der Waals surface area contributed by atoms with Crippen LogP contribution >= 0.6 is 11.8 Å². The number of thioether (sulfide) groups is 1. The first-order valence-electron chi connectivity index (χ1n) is 5.90. The maximum atomic E-state index is 12.0. The van der Waals surface area contributed by atoms with Crippen LogP contribution in [-0.4, -0.2) is 40.1 Å². The van der Waals surface area contributed by atoms with Crippen molar-refractivity contribution < 1.29 is 9.59 Å². The van der Waals surface area contributed by atoms with Gasteiger partial charge in [-0.2, -0.15) is 0 Å². The van der Waals surface area contributed by atoms with Crippen LogP contribution in [0.15, 0.2) is 11.2 Å². The minimum absolute atomic E-state index is 0.0492. The van der Waals surface area contributed by atoms with Gasteiger partial charge in [0, 0.05) is 6.07 Å². The number of hydrazine groups is 1. The molecule has 20 heavy (non-hydrogen) atoms. The third-order valence-corrected chi connectivity index (χ3v) is 3.63. The molecular formula is C11H16N6O2S. The summed E-state index contributed by atoms with van der Waals surface area (Å²) in [5, 5.41) is 2.82. The van der Waals surface area contributed by atoms with Gasteiger partial charge in [0.25, 0.3) is 5.91 Å². The molecule has 0 bridgehead atoms. The fraction of sp³-hybridized carbons (Fsp3) is 0.455. The van der Waals surface area contributed by atoms with E-state index in [2.05, 4.69) is 20.7 Å². The van der Waals surface area contributed by atoms with E-state index in [1.165, 1.54) is 11.8 Å². The lowest BCUT2D eigenvalue weighted by molar-refractivity contribution is -0.135. The quantitative estimate of drug-likeness (QED) is 0.230. The third kappa shape index (κ3) is 2.54. The number of amides is 2. The highest BCUT2D eigenvalue weighted by Crippen LogP contribution is 2.27. The van der Waals surface area contributed by atoms with Crippen molar-refractivity contribution in [2.45, 2.75) is 24.5 Å². The van der Waals surface area contributed by atoms with Gasteiger partial charge in [0.15, 0.2) is 5.16 Å². The van der Waals surface area contributed by atoms with Gasteiger partial charge in [0.1, 0.15) is 17.2 Å². The number of nitrogens with two attached hydrogens (primary N) is 1. The molecule has 8 nitrogen and oxygen atoms in total. The number of hydrogen-bond acceptors (Lipinski definition) is 8. The van der Waals surface area contributed by atoms with E-state index in [0.29, 0.717) is 16.8 Å². The third-order valence-electron chi connectivity index (χ3n) is 3.08. The first-order chi connectivity index (χ1) is 9.38. The van der Waals surface area contributed by atoms with Gasteiger partial charge in [-0.15, -0.1) is 0 Å². The molecular weight excluding hydrogens is 280 g/mol. The van der Waals surface area contributed by atoms with E-state index in [0.717, 1.165) is 0 Å². The first kappa shape index (κ1) is 14.5. The van der Waals surface area contributed by atoms with E-state index in [1.807, 2.05) is 6.26 Å². The van der Waals surface area contributed by atoms with Gasteiger partial charge in [-0.1, -0.05) is 11.8 Å². The van der Waals surface area contributed by atoms with Crippen LogP contribution in [0.5, 0.6) is 0 Å². The summed E-state index contributed by atoms with van der Waals surface area (Å²) in [5.74, 6) is 5.56. The summed E-state index contributed by atoms with van der Waals surface area (Å²) >= 11 is 1.35. The summed E-state index contributed by atoms with van der Waals surface area (Å²) in [7, 11) is 0. The van der Waals surface area contributed by atoms with Gasteiger partial charge in [-0.25, -0.2) is 15.8 Å². The largest absolute Gasteiger partial charge is 0.333 e. The number of anilines is 2. The molecule has 0 aromatic carbocycles. The number of imide groups is 1. The molecule has 2 heterocycles. The van der Waals surface area contributed by atoms with Crippen molar-refractivity contribution in [1.29, 1.82) is 0 Å². The molecule has 0 aliphatic carbocycles. The van der Waals surface area contributed by atoms with E-state index < -0.39 is 5.54 Å². The second kappa shape index (κ2) is 5.25. The molecule has 1 fully saturated rings. The molecule has 0 spiro atoms. The maximum absolute atomic E-state index is 12.0. The van der Waals surface area contributed by atoms with Gasteiger partial charge >= 0.3 is 0 Å². The predicted octanol–water partition coefficient (Wildman–Crippen LogP) is -0.274. The Morgan fingerprint density at radius 3 is 2.75 bits per heavy atom. The zero-order valence-electron chi connectivity index (χ0n) is 11.4. The van der Waals surface area contributed by atoms with Crippen LogP contribution in [0.3, 0.4) is 0 Å². The van der Waals surface area contributed by atoms with Gasteiger partial charge in [0.05, 0.1) is 6.54 Å². The minimum atomic E-state index is -0.885. The minimum Gasteiger partial charge on any atom is -0.333 e. The van der Waals surface area contributed by atoms with E-state index in [9.17, 15) is 9.59 Å². The molecule has 1 aromatic heterocycles. The van der Waals surface area contributed by atoms with Crippen molar-refractivity contribution in [3.8, 4) is 0 Å². The molecule has 2 rings (SSSR count). The Bertz CT molecular complexity index is 540. The zero-order valence-corrected chi connectivity index (χ0v) is 12.2. The summed E-state index contributed by atoms with van der Waals surface area (Å²) < 4.78 is 0. The Labute approximate surface area is 120 Å². The van der Waals surface area contributed by atoms with E-state index in [1.54, 1.807) is 24.8 Å². The topological polar surface area (TPSA) is 113 Å². The average molecular weight is 296 g/mol. The number of rotatable bonds is 3. The summed E-state index contributed by atoms with van der Waals surface area (Å²) in [6, 6.07) is 1.60. The van der Waals surface area contributed by atoms with Crippen LogP contribution in [0, 0.1) is 0 Å². The fourth-order valence-electron chi connectivity index (χ4n) is 1.87. The Morgan fingerprint density at radius 1 is 1.45 bits per heavy atom. The van der Waals surface area contributed by atoms with Crippen molar-refractivity contribution in [2.75, 3.05) is 23.1 Å². The number of carbonyl (C=O) groups is 2. The molecule has 0 radical (unpaired) electrons. The number of nitrogen functional groups attached to an aromatic ring is 1. The molecule has 2 amide bonds. The number of nitrogens with one attached hydrogen (secondary N) is 2. The molecule has 1 saturated heterocycles. The maximum Gasteiger partial charge on any atom is 0.251 e. The Hall–Kier alpha value is -1.87. The van der Waals surface area contributed by atoms with Gasteiger partial charge in [0.2, 0.25) is 5.91 Å². The Balaban J connectivity index is 2.47. The molecule has 9 heteroatoms. The first-order valence-corrected chi connectivity index (χ1v) is 7.12. The molecule has 0 saturated carbocycles. The van der Waals surface area contributed by atoms with Crippen LogP contribution < -0.4 is 21.5 Å². The number of carbonyl (C=O) groups excluding carboxylic acids is 2. The number of hydrogen-bond donors (Lipinski definition) is 3. The number of nitrogens with zero attached hydrogens (tertiary/aromatic N) is 3. The van der Waals surface area contributed by atoms with Crippen LogP contribution in [0.25, 0.3) is 0 Å². The lowest BCUT2D eigenvalue weighted by Crippen LogP contribution is -2.64. The second-order valence-electron chi connectivity index (χ2n) is 4.76. The molecule has 108 valence electrons.